The Morgan fingerprint density at radius 2 is 1.35 bits per heavy atom. The summed E-state index contributed by atoms with van der Waals surface area (Å²) in [6.07, 6.45) is 8.63. The lowest BCUT2D eigenvalue weighted by molar-refractivity contribution is -0.263. The van der Waals surface area contributed by atoms with Crippen LogP contribution in [-0.2, 0) is 10.3 Å². The predicted molar refractivity (Wildman–Crippen MR) is 97.9 cm³/mol. The lowest BCUT2D eigenvalue weighted by Gasteiger charge is -2.64. The fourth-order valence-corrected chi connectivity index (χ4v) is 5.96. The fraction of sp³-hybridized carbons (Fsp3) is 0.429. The highest BCUT2D eigenvalue weighted by molar-refractivity contribution is 7.99. The Labute approximate surface area is 143 Å². The topological polar surface area (TPSA) is 9.23 Å². The average Bonchev–Trinajstić information content (AvgIpc) is 2.62. The van der Waals surface area contributed by atoms with Gasteiger partial charge in [-0.1, -0.05) is 79.9 Å². The second-order valence-corrected chi connectivity index (χ2v) is 7.75. The molecule has 1 atom stereocenters. The first-order valence-electron chi connectivity index (χ1n) is 8.66. The van der Waals surface area contributed by atoms with Crippen LogP contribution in [0.2, 0.25) is 0 Å². The molecule has 23 heavy (non-hydrogen) atoms. The summed E-state index contributed by atoms with van der Waals surface area (Å²) >= 11 is 1.99. The molecule has 1 nitrogen and oxygen atoms in total. The molecule has 0 radical (unpaired) electrons. The molecule has 1 aliphatic carbocycles. The summed E-state index contributed by atoms with van der Waals surface area (Å²) in [7, 11) is 0. The number of hydrogen-bond donors (Lipinski definition) is 0. The fourth-order valence-electron chi connectivity index (χ4n) is 4.59. The Hall–Kier alpha value is -1.25. The number of ether oxygens (including phenoxy) is 1. The largest absolute Gasteiger partial charge is 0.356 e. The Morgan fingerprint density at radius 3 is 1.83 bits per heavy atom. The normalized spacial score (nSPS) is 25.0. The van der Waals surface area contributed by atoms with Crippen molar-refractivity contribution in [3.05, 3.63) is 71.8 Å². The van der Waals surface area contributed by atoms with Gasteiger partial charge in [0.25, 0.3) is 0 Å². The summed E-state index contributed by atoms with van der Waals surface area (Å²) in [6, 6.07) is 21.6. The molecular weight excluding hydrogens is 300 g/mol. The van der Waals surface area contributed by atoms with Gasteiger partial charge in [0.05, 0.1) is 10.9 Å². The molecule has 2 heteroatoms. The van der Waals surface area contributed by atoms with E-state index in [4.69, 9.17) is 4.74 Å². The molecule has 4 rings (SSSR count). The van der Waals surface area contributed by atoms with E-state index in [0.717, 1.165) is 0 Å². The summed E-state index contributed by atoms with van der Waals surface area (Å²) in [4.78, 5) is 0. The van der Waals surface area contributed by atoms with E-state index in [9.17, 15) is 0 Å². The van der Waals surface area contributed by atoms with Crippen molar-refractivity contribution < 1.29 is 4.74 Å². The van der Waals surface area contributed by atoms with Crippen molar-refractivity contribution in [2.24, 2.45) is 0 Å². The highest BCUT2D eigenvalue weighted by atomic mass is 32.2. The Bertz CT molecular complexity index is 607. The predicted octanol–water partition coefficient (Wildman–Crippen LogP) is 5.39. The first-order valence-corrected chi connectivity index (χ1v) is 9.95. The standard InChI is InChI=1S/C21H24OS/c1-23-19-20(15-9-4-10-16-20)22-21(19,17-11-5-2-6-12-17)18-13-7-3-8-14-18/h2-3,5-8,11-14,19H,4,9-10,15-16H2,1H3. The second kappa shape index (κ2) is 5.99. The van der Waals surface area contributed by atoms with Crippen molar-refractivity contribution >= 4 is 11.8 Å². The van der Waals surface area contributed by atoms with E-state index in [1.54, 1.807) is 0 Å². The summed E-state index contributed by atoms with van der Waals surface area (Å²) < 4.78 is 6.91. The van der Waals surface area contributed by atoms with Gasteiger partial charge in [-0.05, 0) is 30.2 Å². The van der Waals surface area contributed by atoms with Crippen molar-refractivity contribution in [2.45, 2.75) is 48.6 Å². The van der Waals surface area contributed by atoms with E-state index in [-0.39, 0.29) is 11.2 Å². The number of benzene rings is 2. The highest BCUT2D eigenvalue weighted by Crippen LogP contribution is 2.61. The van der Waals surface area contributed by atoms with E-state index in [1.165, 1.54) is 43.2 Å². The summed E-state index contributed by atoms with van der Waals surface area (Å²) in [5, 5.41) is 0.486. The molecule has 2 aromatic rings. The van der Waals surface area contributed by atoms with Gasteiger partial charge < -0.3 is 4.74 Å². The molecule has 1 saturated carbocycles. The minimum Gasteiger partial charge on any atom is -0.356 e. The van der Waals surface area contributed by atoms with Gasteiger partial charge in [0.1, 0.15) is 5.60 Å². The van der Waals surface area contributed by atoms with E-state index >= 15 is 0 Å². The quantitative estimate of drug-likeness (QED) is 0.748. The Kier molecular flexibility index (Phi) is 3.98. The van der Waals surface area contributed by atoms with Crippen LogP contribution >= 0.6 is 11.8 Å². The number of rotatable bonds is 3. The van der Waals surface area contributed by atoms with Gasteiger partial charge in [-0.25, -0.2) is 0 Å². The van der Waals surface area contributed by atoms with E-state index < -0.39 is 0 Å². The van der Waals surface area contributed by atoms with Crippen LogP contribution in [0.1, 0.15) is 43.2 Å². The molecule has 2 aromatic carbocycles. The van der Waals surface area contributed by atoms with Crippen molar-refractivity contribution in [2.75, 3.05) is 6.26 Å². The van der Waals surface area contributed by atoms with Crippen molar-refractivity contribution in [3.8, 4) is 0 Å². The van der Waals surface area contributed by atoms with Crippen molar-refractivity contribution in [1.29, 1.82) is 0 Å². The highest BCUT2D eigenvalue weighted by Gasteiger charge is 2.65. The molecule has 1 unspecified atom stereocenters. The molecule has 2 aliphatic rings. The number of thioether (sulfide) groups is 1. The monoisotopic (exact) mass is 324 g/mol. The molecule has 120 valence electrons. The van der Waals surface area contributed by atoms with Gasteiger partial charge in [0.15, 0.2) is 0 Å². The molecule has 1 spiro atoms. The zero-order chi connectivity index (χ0) is 15.8. The third-order valence-electron chi connectivity index (χ3n) is 5.55. The molecule has 1 saturated heterocycles. The molecule has 0 aromatic heterocycles. The van der Waals surface area contributed by atoms with Crippen LogP contribution < -0.4 is 0 Å². The van der Waals surface area contributed by atoms with Crippen LogP contribution in [0.4, 0.5) is 0 Å². The molecule has 0 amide bonds. The molecule has 0 N–H and O–H groups in total. The van der Waals surface area contributed by atoms with Crippen LogP contribution in [0.3, 0.4) is 0 Å². The molecule has 0 bridgehead atoms. The zero-order valence-corrected chi connectivity index (χ0v) is 14.5. The molecule has 2 fully saturated rings. The van der Waals surface area contributed by atoms with E-state index in [0.29, 0.717) is 5.25 Å². The zero-order valence-electron chi connectivity index (χ0n) is 13.7. The summed E-state index contributed by atoms with van der Waals surface area (Å²) in [6.45, 7) is 0. The Balaban J connectivity index is 1.82. The summed E-state index contributed by atoms with van der Waals surface area (Å²) in [5.74, 6) is 0. The third-order valence-corrected chi connectivity index (χ3v) is 6.79. The smallest absolute Gasteiger partial charge is 0.133 e. The van der Waals surface area contributed by atoms with Crippen LogP contribution in [-0.4, -0.2) is 17.1 Å². The van der Waals surface area contributed by atoms with Crippen LogP contribution in [0.5, 0.6) is 0 Å². The Morgan fingerprint density at radius 1 is 0.826 bits per heavy atom. The van der Waals surface area contributed by atoms with Gasteiger partial charge in [-0.15, -0.1) is 0 Å². The third kappa shape index (κ3) is 2.27. The maximum atomic E-state index is 6.91. The average molecular weight is 324 g/mol. The van der Waals surface area contributed by atoms with Crippen LogP contribution in [0.15, 0.2) is 60.7 Å². The van der Waals surface area contributed by atoms with Gasteiger partial charge >= 0.3 is 0 Å². The second-order valence-electron chi connectivity index (χ2n) is 6.81. The number of hydrogen-bond acceptors (Lipinski definition) is 2. The molecule has 1 heterocycles. The first kappa shape index (κ1) is 15.3. The van der Waals surface area contributed by atoms with Crippen molar-refractivity contribution in [3.63, 3.8) is 0 Å². The van der Waals surface area contributed by atoms with E-state index in [2.05, 4.69) is 66.9 Å². The first-order chi connectivity index (χ1) is 11.3. The minimum absolute atomic E-state index is 0.0728. The van der Waals surface area contributed by atoms with Crippen molar-refractivity contribution in [1.82, 2.24) is 0 Å². The van der Waals surface area contributed by atoms with Gasteiger partial charge in [-0.3, -0.25) is 0 Å². The van der Waals surface area contributed by atoms with Gasteiger partial charge in [-0.2, -0.15) is 11.8 Å². The van der Waals surface area contributed by atoms with Gasteiger partial charge in [0, 0.05) is 0 Å². The van der Waals surface area contributed by atoms with Crippen LogP contribution in [0.25, 0.3) is 0 Å². The summed E-state index contributed by atoms with van der Waals surface area (Å²) in [5.41, 5.74) is 2.37. The van der Waals surface area contributed by atoms with Gasteiger partial charge in [0.2, 0.25) is 0 Å². The molecule has 1 aliphatic heterocycles. The van der Waals surface area contributed by atoms with E-state index in [1.807, 2.05) is 11.8 Å². The van der Waals surface area contributed by atoms with Crippen LogP contribution in [0, 0.1) is 0 Å². The molecular formula is C21H24OS. The lowest BCUT2D eigenvalue weighted by atomic mass is 9.65. The minimum atomic E-state index is -0.292. The maximum absolute atomic E-state index is 6.91. The SMILES string of the molecule is CSC1C2(CCCCC2)OC1(c1ccccc1)c1ccccc1. The maximum Gasteiger partial charge on any atom is 0.133 e. The lowest BCUT2D eigenvalue weighted by Crippen LogP contribution is -2.69.